The van der Waals surface area contributed by atoms with Crippen LogP contribution in [0.5, 0.6) is 0 Å². The van der Waals surface area contributed by atoms with Gasteiger partial charge in [0.2, 0.25) is 0 Å². The van der Waals surface area contributed by atoms with Crippen molar-refractivity contribution >= 4 is 11.6 Å². The van der Waals surface area contributed by atoms with Gasteiger partial charge in [-0.15, -0.1) is 0 Å². The molecule has 1 atom stereocenters. The van der Waals surface area contributed by atoms with Crippen molar-refractivity contribution in [2.24, 2.45) is 12.5 Å². The van der Waals surface area contributed by atoms with Crippen molar-refractivity contribution in [1.29, 1.82) is 0 Å². The first-order chi connectivity index (χ1) is 12.6. The molecule has 5 nitrogen and oxygen atoms in total. The molecule has 2 aromatic heterocycles. The van der Waals surface area contributed by atoms with Gasteiger partial charge in [0.25, 0.3) is 0 Å². The third-order valence-electron chi connectivity index (χ3n) is 5.83. The van der Waals surface area contributed by atoms with Crippen LogP contribution in [0.3, 0.4) is 0 Å². The van der Waals surface area contributed by atoms with E-state index < -0.39 is 0 Å². The van der Waals surface area contributed by atoms with E-state index in [1.807, 2.05) is 25.5 Å². The van der Waals surface area contributed by atoms with E-state index in [1.165, 1.54) is 24.8 Å². The summed E-state index contributed by atoms with van der Waals surface area (Å²) in [5, 5.41) is 8.23. The SMILES string of the molecule is CN1CCC2(CCNCC2)C1c1cc(Cl)ncc1C#Cc1cnn(C)c1. The van der Waals surface area contributed by atoms with Crippen LogP contribution in [0.25, 0.3) is 0 Å². The number of piperidine rings is 1. The Bertz CT molecular complexity index is 851. The van der Waals surface area contributed by atoms with Crippen LogP contribution in [0.2, 0.25) is 5.15 Å². The topological polar surface area (TPSA) is 46.0 Å². The summed E-state index contributed by atoms with van der Waals surface area (Å²) in [6.45, 7) is 3.28. The summed E-state index contributed by atoms with van der Waals surface area (Å²) in [5.74, 6) is 6.55. The van der Waals surface area contributed by atoms with Gasteiger partial charge in [0.15, 0.2) is 0 Å². The van der Waals surface area contributed by atoms with Crippen molar-refractivity contribution in [2.45, 2.75) is 25.3 Å². The van der Waals surface area contributed by atoms with Crippen molar-refractivity contribution < 1.29 is 0 Å². The minimum Gasteiger partial charge on any atom is -0.317 e. The molecule has 1 spiro atoms. The maximum atomic E-state index is 6.29. The normalized spacial score (nSPS) is 22.3. The number of pyridine rings is 1. The minimum absolute atomic E-state index is 0.301. The molecule has 0 radical (unpaired) electrons. The maximum absolute atomic E-state index is 6.29. The predicted molar refractivity (Wildman–Crippen MR) is 103 cm³/mol. The summed E-state index contributed by atoms with van der Waals surface area (Å²) in [6.07, 6.45) is 9.14. The molecule has 6 heteroatoms. The van der Waals surface area contributed by atoms with Gasteiger partial charge in [-0.25, -0.2) is 4.98 Å². The van der Waals surface area contributed by atoms with Crippen LogP contribution in [0.15, 0.2) is 24.7 Å². The van der Waals surface area contributed by atoms with Gasteiger partial charge in [0, 0.05) is 31.0 Å². The molecule has 0 aromatic carbocycles. The van der Waals surface area contributed by atoms with E-state index in [0.29, 0.717) is 16.6 Å². The van der Waals surface area contributed by atoms with Crippen LogP contribution in [0, 0.1) is 17.3 Å². The van der Waals surface area contributed by atoms with Crippen LogP contribution in [0.4, 0.5) is 0 Å². The Hall–Kier alpha value is -1.87. The highest BCUT2D eigenvalue weighted by Crippen LogP contribution is 2.52. The standard InChI is InChI=1S/C20H24ClN5/c1-25-10-7-20(5-8-22-9-6-20)19(25)17-11-18(21)23-13-16(17)4-3-15-12-24-26(2)14-15/h11-14,19,22H,5-10H2,1-2H3. The Morgan fingerprint density at radius 1 is 1.19 bits per heavy atom. The molecule has 2 saturated heterocycles. The van der Waals surface area contributed by atoms with Crippen LogP contribution in [0.1, 0.15) is 42.0 Å². The second-order valence-corrected chi connectivity index (χ2v) is 7.88. The van der Waals surface area contributed by atoms with Crippen molar-refractivity contribution in [1.82, 2.24) is 25.0 Å². The Labute approximate surface area is 159 Å². The average molecular weight is 370 g/mol. The smallest absolute Gasteiger partial charge is 0.129 e. The number of nitrogens with one attached hydrogen (secondary N) is 1. The number of aryl methyl sites for hydroxylation is 1. The third kappa shape index (κ3) is 3.25. The molecule has 1 unspecified atom stereocenters. The summed E-state index contributed by atoms with van der Waals surface area (Å²) >= 11 is 6.29. The molecule has 2 fully saturated rings. The monoisotopic (exact) mass is 369 g/mol. The summed E-state index contributed by atoms with van der Waals surface area (Å²) < 4.78 is 1.76. The molecule has 4 rings (SSSR count). The van der Waals surface area contributed by atoms with Crippen LogP contribution in [-0.2, 0) is 7.05 Å². The van der Waals surface area contributed by atoms with Gasteiger partial charge < -0.3 is 5.32 Å². The van der Waals surface area contributed by atoms with E-state index >= 15 is 0 Å². The number of hydrogen-bond acceptors (Lipinski definition) is 4. The van der Waals surface area contributed by atoms with E-state index in [-0.39, 0.29) is 0 Å². The highest BCUT2D eigenvalue weighted by Gasteiger charge is 2.47. The fraction of sp³-hybridized carbons (Fsp3) is 0.500. The van der Waals surface area contributed by atoms with Gasteiger partial charge in [0.1, 0.15) is 5.15 Å². The molecule has 0 saturated carbocycles. The number of halogens is 1. The van der Waals surface area contributed by atoms with Crippen LogP contribution in [-0.4, -0.2) is 46.3 Å². The van der Waals surface area contributed by atoms with Crippen molar-refractivity contribution in [3.8, 4) is 11.8 Å². The lowest BCUT2D eigenvalue weighted by Gasteiger charge is -2.41. The van der Waals surface area contributed by atoms with Crippen molar-refractivity contribution in [3.05, 3.63) is 46.5 Å². The van der Waals surface area contributed by atoms with Crippen LogP contribution < -0.4 is 5.32 Å². The van der Waals surface area contributed by atoms with Gasteiger partial charge in [-0.1, -0.05) is 23.4 Å². The number of nitrogens with zero attached hydrogens (tertiary/aromatic N) is 4. The molecule has 26 heavy (non-hydrogen) atoms. The third-order valence-corrected chi connectivity index (χ3v) is 6.03. The maximum Gasteiger partial charge on any atom is 0.129 e. The van der Waals surface area contributed by atoms with Gasteiger partial charge >= 0.3 is 0 Å². The van der Waals surface area contributed by atoms with Gasteiger partial charge in [-0.2, -0.15) is 5.10 Å². The Balaban J connectivity index is 1.75. The van der Waals surface area contributed by atoms with Crippen molar-refractivity contribution in [3.63, 3.8) is 0 Å². The Morgan fingerprint density at radius 2 is 2.00 bits per heavy atom. The molecule has 0 aliphatic carbocycles. The lowest BCUT2D eigenvalue weighted by molar-refractivity contribution is 0.130. The largest absolute Gasteiger partial charge is 0.317 e. The summed E-state index contributed by atoms with van der Waals surface area (Å²) in [7, 11) is 4.11. The molecule has 1 N–H and O–H groups in total. The number of aromatic nitrogens is 3. The molecule has 2 aliphatic rings. The lowest BCUT2D eigenvalue weighted by Crippen LogP contribution is -2.40. The number of rotatable bonds is 1. The molecule has 136 valence electrons. The summed E-state index contributed by atoms with van der Waals surface area (Å²) in [6, 6.07) is 2.36. The predicted octanol–water partition coefficient (Wildman–Crippen LogP) is 2.61. The summed E-state index contributed by atoms with van der Waals surface area (Å²) in [4.78, 5) is 6.76. The fourth-order valence-electron chi connectivity index (χ4n) is 4.55. The minimum atomic E-state index is 0.301. The molecule has 4 heterocycles. The molecule has 2 aliphatic heterocycles. The highest BCUT2D eigenvalue weighted by atomic mass is 35.5. The van der Waals surface area contributed by atoms with Gasteiger partial charge in [-0.3, -0.25) is 9.58 Å². The van der Waals surface area contributed by atoms with Gasteiger partial charge in [0.05, 0.1) is 11.8 Å². The summed E-state index contributed by atoms with van der Waals surface area (Å²) in [5.41, 5.74) is 3.39. The first kappa shape index (κ1) is 17.5. The number of hydrogen-bond donors (Lipinski definition) is 1. The first-order valence-electron chi connectivity index (χ1n) is 9.14. The zero-order valence-electron chi connectivity index (χ0n) is 15.3. The molecule has 2 aromatic rings. The lowest BCUT2D eigenvalue weighted by atomic mass is 9.70. The highest BCUT2D eigenvalue weighted by molar-refractivity contribution is 6.29. The molecular formula is C20H24ClN5. The molecule has 0 amide bonds. The quantitative estimate of drug-likeness (QED) is 0.620. The van der Waals surface area contributed by atoms with Crippen LogP contribution >= 0.6 is 11.6 Å². The van der Waals surface area contributed by atoms with E-state index in [9.17, 15) is 0 Å². The van der Waals surface area contributed by atoms with E-state index in [2.05, 4.69) is 39.2 Å². The Kier molecular flexibility index (Phi) is 4.74. The fourth-order valence-corrected chi connectivity index (χ4v) is 4.71. The number of likely N-dealkylation sites (tertiary alicyclic amines) is 1. The first-order valence-corrected chi connectivity index (χ1v) is 9.52. The molecule has 0 bridgehead atoms. The van der Waals surface area contributed by atoms with Gasteiger partial charge in [-0.05, 0) is 63.0 Å². The molecular weight excluding hydrogens is 346 g/mol. The zero-order valence-corrected chi connectivity index (χ0v) is 16.1. The second-order valence-electron chi connectivity index (χ2n) is 7.49. The average Bonchev–Trinajstić information content (AvgIpc) is 3.18. The second kappa shape index (κ2) is 7.03. The zero-order chi connectivity index (χ0) is 18.1. The Morgan fingerprint density at radius 3 is 2.73 bits per heavy atom. The van der Waals surface area contributed by atoms with Crippen molar-refractivity contribution in [2.75, 3.05) is 26.7 Å². The van der Waals surface area contributed by atoms with E-state index in [4.69, 9.17) is 11.6 Å². The van der Waals surface area contributed by atoms with E-state index in [0.717, 1.165) is 30.8 Å². The van der Waals surface area contributed by atoms with E-state index in [1.54, 1.807) is 10.9 Å².